The summed E-state index contributed by atoms with van der Waals surface area (Å²) in [7, 11) is 0. The number of aliphatic hydroxyl groups excluding tert-OH is 4. The van der Waals surface area contributed by atoms with Crippen molar-refractivity contribution in [1.29, 1.82) is 0 Å². The lowest BCUT2D eigenvalue weighted by Gasteiger charge is -2.41. The maximum atomic E-state index is 12.6. The van der Waals surface area contributed by atoms with E-state index in [0.29, 0.717) is 12.8 Å². The molecule has 6 atom stereocenters. The molecule has 7 nitrogen and oxygen atoms in total. The monoisotopic (exact) mass is 530 g/mol. The molecule has 0 aromatic heterocycles. The summed E-state index contributed by atoms with van der Waals surface area (Å²) in [6.07, 6.45) is 15.2. The van der Waals surface area contributed by atoms with Gasteiger partial charge in [0.25, 0.3) is 0 Å². The molecule has 1 saturated heterocycles. The second-order valence-electron chi connectivity index (χ2n) is 11.0. The highest BCUT2D eigenvalue weighted by atomic mass is 16.7. The molecule has 0 aromatic carbocycles. The molecule has 1 fully saturated rings. The van der Waals surface area contributed by atoms with Crippen molar-refractivity contribution >= 4 is 5.97 Å². The third-order valence-electron chi connectivity index (χ3n) is 7.60. The van der Waals surface area contributed by atoms with Gasteiger partial charge >= 0.3 is 5.97 Å². The van der Waals surface area contributed by atoms with Crippen molar-refractivity contribution in [2.75, 3.05) is 0 Å². The van der Waals surface area contributed by atoms with Crippen molar-refractivity contribution in [2.24, 2.45) is 0 Å². The second kappa shape index (κ2) is 22.1. The summed E-state index contributed by atoms with van der Waals surface area (Å²) in [6, 6.07) is 0. The Hall–Kier alpha value is -0.730. The van der Waals surface area contributed by atoms with E-state index in [4.69, 9.17) is 9.47 Å². The summed E-state index contributed by atoms with van der Waals surface area (Å²) in [5.74, 6) is -0.343. The van der Waals surface area contributed by atoms with Crippen LogP contribution in [0.3, 0.4) is 0 Å². The molecular weight excluding hydrogens is 472 g/mol. The summed E-state index contributed by atoms with van der Waals surface area (Å²) in [6.45, 7) is 4.42. The number of hydrogen-bond acceptors (Lipinski definition) is 7. The van der Waals surface area contributed by atoms with Gasteiger partial charge in [-0.05, 0) is 19.3 Å². The molecule has 1 aliphatic rings. The van der Waals surface area contributed by atoms with Crippen molar-refractivity contribution in [3.8, 4) is 0 Å². The molecule has 1 unspecified atom stereocenters. The number of esters is 1. The van der Waals surface area contributed by atoms with Crippen molar-refractivity contribution < 1.29 is 34.7 Å². The Morgan fingerprint density at radius 2 is 1.05 bits per heavy atom. The van der Waals surface area contributed by atoms with Crippen LogP contribution in [0, 0.1) is 0 Å². The molecule has 1 heterocycles. The fraction of sp³-hybridized carbons (Fsp3) is 0.967. The van der Waals surface area contributed by atoms with Crippen LogP contribution in [0.1, 0.15) is 149 Å². The van der Waals surface area contributed by atoms with Crippen molar-refractivity contribution in [3.63, 3.8) is 0 Å². The summed E-state index contributed by atoms with van der Waals surface area (Å²) in [5.41, 5.74) is 0. The third-order valence-corrected chi connectivity index (χ3v) is 7.60. The first-order chi connectivity index (χ1) is 17.9. The van der Waals surface area contributed by atoms with Gasteiger partial charge in [0.2, 0.25) is 0 Å². The van der Waals surface area contributed by atoms with E-state index >= 15 is 0 Å². The quantitative estimate of drug-likeness (QED) is 0.0955. The first kappa shape index (κ1) is 34.3. The van der Waals surface area contributed by atoms with E-state index in [9.17, 15) is 25.2 Å². The fourth-order valence-corrected chi connectivity index (χ4v) is 5.13. The maximum Gasteiger partial charge on any atom is 0.306 e. The Morgan fingerprint density at radius 3 is 1.54 bits per heavy atom. The molecule has 7 heteroatoms. The van der Waals surface area contributed by atoms with Crippen LogP contribution in [0.2, 0.25) is 0 Å². The maximum absolute atomic E-state index is 12.6. The third kappa shape index (κ3) is 15.4. The van der Waals surface area contributed by atoms with E-state index in [2.05, 4.69) is 13.8 Å². The van der Waals surface area contributed by atoms with Crippen molar-refractivity contribution in [2.45, 2.75) is 185 Å². The van der Waals surface area contributed by atoms with Crippen LogP contribution in [-0.4, -0.2) is 63.2 Å². The molecule has 1 aliphatic heterocycles. The lowest BCUT2D eigenvalue weighted by Crippen LogP contribution is -2.61. The van der Waals surface area contributed by atoms with Gasteiger partial charge in [0.15, 0.2) is 6.29 Å². The molecule has 0 aliphatic carbocycles. The topological polar surface area (TPSA) is 116 Å². The average molecular weight is 531 g/mol. The Kier molecular flexibility index (Phi) is 20.5. The van der Waals surface area contributed by atoms with Crippen LogP contribution in [0.5, 0.6) is 0 Å². The molecule has 0 bridgehead atoms. The predicted molar refractivity (Wildman–Crippen MR) is 147 cm³/mol. The van der Waals surface area contributed by atoms with E-state index < -0.39 is 36.8 Å². The molecule has 0 spiro atoms. The first-order valence-electron chi connectivity index (χ1n) is 15.5. The standard InChI is InChI=1S/C30H58O7/c1-3-5-7-9-11-12-13-14-15-16-17-19-21-23-25(31)36-24(22-20-18-10-8-6-4-2)29-27(33)26(32)28(34)30(35)37-29/h24,26-30,32-35H,3-23H2,1-2H3/t24?,26-,27-,28+,29+,30+/m0/s1. The molecule has 220 valence electrons. The SMILES string of the molecule is CCCCCCCCCCCCCCCC(=O)OC(CCCCCCCC)[C@H]1O[C@@H](O)[C@H](O)[C@@H](O)[C@@H]1O. The number of unbranched alkanes of at least 4 members (excludes halogenated alkanes) is 17. The van der Waals surface area contributed by atoms with Crippen LogP contribution in [-0.2, 0) is 14.3 Å². The zero-order valence-corrected chi connectivity index (χ0v) is 23.8. The van der Waals surface area contributed by atoms with Crippen molar-refractivity contribution in [3.05, 3.63) is 0 Å². The summed E-state index contributed by atoms with van der Waals surface area (Å²) in [4.78, 5) is 12.6. The zero-order valence-electron chi connectivity index (χ0n) is 23.8. The van der Waals surface area contributed by atoms with Gasteiger partial charge in [0, 0.05) is 6.42 Å². The van der Waals surface area contributed by atoms with Gasteiger partial charge < -0.3 is 29.9 Å². The van der Waals surface area contributed by atoms with Crippen molar-refractivity contribution in [1.82, 2.24) is 0 Å². The summed E-state index contributed by atoms with van der Waals surface area (Å²) >= 11 is 0. The Morgan fingerprint density at radius 1 is 0.622 bits per heavy atom. The van der Waals surface area contributed by atoms with Crippen LogP contribution in [0.4, 0.5) is 0 Å². The van der Waals surface area contributed by atoms with E-state index in [-0.39, 0.29) is 5.97 Å². The highest BCUT2D eigenvalue weighted by Gasteiger charge is 2.47. The molecule has 0 radical (unpaired) electrons. The van der Waals surface area contributed by atoms with E-state index in [1.54, 1.807) is 0 Å². The zero-order chi connectivity index (χ0) is 27.3. The van der Waals surface area contributed by atoms with E-state index in [1.807, 2.05) is 0 Å². The first-order valence-corrected chi connectivity index (χ1v) is 15.5. The highest BCUT2D eigenvalue weighted by Crippen LogP contribution is 2.27. The van der Waals surface area contributed by atoms with Gasteiger partial charge in [0.05, 0.1) is 0 Å². The number of rotatable bonds is 23. The molecule has 1 rings (SSSR count). The number of aliphatic hydroxyl groups is 4. The summed E-state index contributed by atoms with van der Waals surface area (Å²) < 4.78 is 11.1. The normalized spacial score (nSPS) is 24.8. The molecule has 0 aromatic rings. The Labute approximate surface area is 226 Å². The summed E-state index contributed by atoms with van der Waals surface area (Å²) in [5, 5.41) is 40.3. The van der Waals surface area contributed by atoms with Gasteiger partial charge in [-0.25, -0.2) is 0 Å². The van der Waals surface area contributed by atoms with Crippen LogP contribution in [0.15, 0.2) is 0 Å². The number of hydrogen-bond donors (Lipinski definition) is 4. The highest BCUT2D eigenvalue weighted by molar-refractivity contribution is 5.69. The molecule has 0 saturated carbocycles. The minimum Gasteiger partial charge on any atom is -0.459 e. The number of ether oxygens (including phenoxy) is 2. The van der Waals surface area contributed by atoms with Gasteiger partial charge in [-0.15, -0.1) is 0 Å². The molecule has 0 amide bonds. The average Bonchev–Trinajstić information content (AvgIpc) is 2.89. The minimum absolute atomic E-state index is 0.307. The minimum atomic E-state index is -1.63. The van der Waals surface area contributed by atoms with Gasteiger partial charge in [-0.1, -0.05) is 123 Å². The second-order valence-corrected chi connectivity index (χ2v) is 11.0. The number of carbonyl (C=O) groups excluding carboxylic acids is 1. The van der Waals surface area contributed by atoms with Crippen LogP contribution < -0.4 is 0 Å². The lowest BCUT2D eigenvalue weighted by molar-refractivity contribution is -0.298. The fourth-order valence-electron chi connectivity index (χ4n) is 5.13. The van der Waals surface area contributed by atoms with E-state index in [0.717, 1.165) is 44.9 Å². The van der Waals surface area contributed by atoms with Gasteiger partial charge in [0.1, 0.15) is 30.5 Å². The van der Waals surface area contributed by atoms with Crippen LogP contribution >= 0.6 is 0 Å². The Balaban J connectivity index is 2.30. The van der Waals surface area contributed by atoms with E-state index in [1.165, 1.54) is 77.0 Å². The molecular formula is C30H58O7. The molecule has 37 heavy (non-hydrogen) atoms. The Bertz CT molecular complexity index is 544. The van der Waals surface area contributed by atoms with Gasteiger partial charge in [-0.2, -0.15) is 0 Å². The smallest absolute Gasteiger partial charge is 0.306 e. The lowest BCUT2D eigenvalue weighted by atomic mass is 9.92. The molecule has 4 N–H and O–H groups in total. The number of carbonyl (C=O) groups is 1. The van der Waals surface area contributed by atoms with Crippen LogP contribution in [0.25, 0.3) is 0 Å². The van der Waals surface area contributed by atoms with Gasteiger partial charge in [-0.3, -0.25) is 4.79 Å². The largest absolute Gasteiger partial charge is 0.459 e. The predicted octanol–water partition coefficient (Wildman–Crippen LogP) is 5.93.